The molecule has 0 aromatic carbocycles. The zero-order valence-corrected chi connectivity index (χ0v) is 11.1. The standard InChI is InChI=1S/C13H26N2O2/c1-3-6-15(7-8-16)13(17)11-4-5-12(14)10(2)9-11/h10-12,16H,3-9,14H2,1-2H3. The van der Waals surface area contributed by atoms with Crippen molar-refractivity contribution in [2.24, 2.45) is 17.6 Å². The molecule has 0 saturated heterocycles. The number of nitrogens with two attached hydrogens (primary N) is 1. The second-order valence-corrected chi connectivity index (χ2v) is 5.20. The lowest BCUT2D eigenvalue weighted by Crippen LogP contribution is -2.43. The zero-order chi connectivity index (χ0) is 12.8. The molecule has 4 heteroatoms. The molecule has 0 aromatic rings. The molecule has 3 unspecified atom stereocenters. The van der Waals surface area contributed by atoms with E-state index in [-0.39, 0.29) is 24.5 Å². The van der Waals surface area contributed by atoms with Crippen molar-refractivity contribution in [2.75, 3.05) is 19.7 Å². The molecule has 0 aromatic heterocycles. The second-order valence-electron chi connectivity index (χ2n) is 5.20. The molecule has 1 amide bonds. The Morgan fingerprint density at radius 1 is 1.41 bits per heavy atom. The third-order valence-corrected chi connectivity index (χ3v) is 3.76. The van der Waals surface area contributed by atoms with Crippen molar-refractivity contribution in [1.82, 2.24) is 4.90 Å². The van der Waals surface area contributed by atoms with Gasteiger partial charge in [-0.25, -0.2) is 0 Å². The largest absolute Gasteiger partial charge is 0.395 e. The molecular formula is C13H26N2O2. The number of nitrogens with zero attached hydrogens (tertiary/aromatic N) is 1. The van der Waals surface area contributed by atoms with Crippen LogP contribution in [0, 0.1) is 11.8 Å². The highest BCUT2D eigenvalue weighted by atomic mass is 16.3. The van der Waals surface area contributed by atoms with E-state index in [1.807, 2.05) is 0 Å². The van der Waals surface area contributed by atoms with Crippen molar-refractivity contribution in [3.05, 3.63) is 0 Å². The molecule has 0 bridgehead atoms. The molecule has 1 aliphatic carbocycles. The van der Waals surface area contributed by atoms with Crippen molar-refractivity contribution in [3.8, 4) is 0 Å². The minimum absolute atomic E-state index is 0.0491. The summed E-state index contributed by atoms with van der Waals surface area (Å²) in [5.74, 6) is 0.748. The Hall–Kier alpha value is -0.610. The Balaban J connectivity index is 2.55. The lowest BCUT2D eigenvalue weighted by Gasteiger charge is -2.34. The first-order chi connectivity index (χ1) is 8.10. The molecule has 3 N–H and O–H groups in total. The number of hydrogen-bond acceptors (Lipinski definition) is 3. The SMILES string of the molecule is CCCN(CCO)C(=O)C1CCC(N)C(C)C1. The highest BCUT2D eigenvalue weighted by Crippen LogP contribution is 2.29. The highest BCUT2D eigenvalue weighted by Gasteiger charge is 2.31. The van der Waals surface area contributed by atoms with Crippen LogP contribution in [-0.2, 0) is 4.79 Å². The van der Waals surface area contributed by atoms with Gasteiger partial charge in [-0.3, -0.25) is 4.79 Å². The van der Waals surface area contributed by atoms with Gasteiger partial charge < -0.3 is 15.7 Å². The fourth-order valence-corrected chi connectivity index (χ4v) is 2.62. The minimum atomic E-state index is 0.0491. The van der Waals surface area contributed by atoms with Crippen molar-refractivity contribution in [3.63, 3.8) is 0 Å². The smallest absolute Gasteiger partial charge is 0.225 e. The number of aliphatic hydroxyl groups is 1. The summed E-state index contributed by atoms with van der Waals surface area (Å²) in [5.41, 5.74) is 5.97. The molecule has 1 aliphatic rings. The summed E-state index contributed by atoms with van der Waals surface area (Å²) in [4.78, 5) is 14.1. The van der Waals surface area contributed by atoms with Gasteiger partial charge in [-0.2, -0.15) is 0 Å². The summed E-state index contributed by atoms with van der Waals surface area (Å²) < 4.78 is 0. The van der Waals surface area contributed by atoms with Crippen molar-refractivity contribution >= 4 is 5.91 Å². The number of carbonyl (C=O) groups excluding carboxylic acids is 1. The molecule has 1 saturated carbocycles. The van der Waals surface area contributed by atoms with Gasteiger partial charge in [0.25, 0.3) is 0 Å². The molecule has 1 rings (SSSR count). The summed E-state index contributed by atoms with van der Waals surface area (Å²) in [7, 11) is 0. The minimum Gasteiger partial charge on any atom is -0.395 e. The van der Waals surface area contributed by atoms with Gasteiger partial charge in [-0.1, -0.05) is 13.8 Å². The van der Waals surface area contributed by atoms with Gasteiger partial charge >= 0.3 is 0 Å². The predicted octanol–water partition coefficient (Wildman–Crippen LogP) is 0.981. The molecule has 1 fully saturated rings. The van der Waals surface area contributed by atoms with Crippen LogP contribution in [0.1, 0.15) is 39.5 Å². The lowest BCUT2D eigenvalue weighted by atomic mass is 9.78. The normalized spacial score (nSPS) is 29.1. The van der Waals surface area contributed by atoms with Crippen LogP contribution in [0.25, 0.3) is 0 Å². The predicted molar refractivity (Wildman–Crippen MR) is 68.4 cm³/mol. The second kappa shape index (κ2) is 6.97. The van der Waals surface area contributed by atoms with Crippen LogP contribution in [-0.4, -0.2) is 41.7 Å². The highest BCUT2D eigenvalue weighted by molar-refractivity contribution is 5.79. The van der Waals surface area contributed by atoms with Crippen molar-refractivity contribution < 1.29 is 9.90 Å². The summed E-state index contributed by atoms with van der Waals surface area (Å²) in [5, 5.41) is 8.99. The van der Waals surface area contributed by atoms with E-state index in [1.165, 1.54) is 0 Å². The number of amides is 1. The molecule has 0 heterocycles. The maximum atomic E-state index is 12.3. The van der Waals surface area contributed by atoms with Gasteiger partial charge in [0.05, 0.1) is 6.61 Å². The summed E-state index contributed by atoms with van der Waals surface area (Å²) >= 11 is 0. The van der Waals surface area contributed by atoms with Gasteiger partial charge in [-0.15, -0.1) is 0 Å². The first-order valence-electron chi connectivity index (χ1n) is 6.75. The van der Waals surface area contributed by atoms with Crippen LogP contribution in [0.2, 0.25) is 0 Å². The number of hydrogen-bond donors (Lipinski definition) is 2. The maximum absolute atomic E-state index is 12.3. The summed E-state index contributed by atoms with van der Waals surface area (Å²) in [6.45, 7) is 5.44. The lowest BCUT2D eigenvalue weighted by molar-refractivity contribution is -0.137. The maximum Gasteiger partial charge on any atom is 0.225 e. The quantitative estimate of drug-likeness (QED) is 0.755. The monoisotopic (exact) mass is 242 g/mol. The van der Waals surface area contributed by atoms with E-state index < -0.39 is 0 Å². The van der Waals surface area contributed by atoms with Gasteiger partial charge in [0.15, 0.2) is 0 Å². The van der Waals surface area contributed by atoms with Crippen LogP contribution >= 0.6 is 0 Å². The molecule has 0 radical (unpaired) electrons. The van der Waals surface area contributed by atoms with Crippen LogP contribution in [0.4, 0.5) is 0 Å². The van der Waals surface area contributed by atoms with E-state index >= 15 is 0 Å². The van der Waals surface area contributed by atoms with Crippen molar-refractivity contribution in [1.29, 1.82) is 0 Å². The van der Waals surface area contributed by atoms with Crippen molar-refractivity contribution in [2.45, 2.75) is 45.6 Å². The molecular weight excluding hydrogens is 216 g/mol. The van der Waals surface area contributed by atoms with Gasteiger partial charge in [0, 0.05) is 25.0 Å². The Bertz CT molecular complexity index is 240. The number of rotatable bonds is 5. The van der Waals surface area contributed by atoms with Gasteiger partial charge in [-0.05, 0) is 31.6 Å². The Labute approximate surface area is 104 Å². The average Bonchev–Trinajstić information content (AvgIpc) is 2.31. The molecule has 100 valence electrons. The zero-order valence-electron chi connectivity index (χ0n) is 11.1. The Morgan fingerprint density at radius 3 is 2.65 bits per heavy atom. The first kappa shape index (κ1) is 14.5. The number of aliphatic hydroxyl groups excluding tert-OH is 1. The Kier molecular flexibility index (Phi) is 5.92. The third-order valence-electron chi connectivity index (χ3n) is 3.76. The van der Waals surface area contributed by atoms with E-state index in [4.69, 9.17) is 10.8 Å². The molecule has 4 nitrogen and oxygen atoms in total. The number of carbonyl (C=O) groups is 1. The molecule has 3 atom stereocenters. The average molecular weight is 242 g/mol. The van der Waals surface area contributed by atoms with E-state index in [9.17, 15) is 4.79 Å². The van der Waals surface area contributed by atoms with E-state index in [0.29, 0.717) is 12.5 Å². The molecule has 0 aliphatic heterocycles. The van der Waals surface area contributed by atoms with Gasteiger partial charge in [0.2, 0.25) is 5.91 Å². The topological polar surface area (TPSA) is 66.6 Å². The molecule has 0 spiro atoms. The van der Waals surface area contributed by atoms with E-state index in [0.717, 1.165) is 32.2 Å². The van der Waals surface area contributed by atoms with Crippen LogP contribution in [0.5, 0.6) is 0 Å². The van der Waals surface area contributed by atoms with Crippen LogP contribution < -0.4 is 5.73 Å². The fraction of sp³-hybridized carbons (Fsp3) is 0.923. The fourth-order valence-electron chi connectivity index (χ4n) is 2.62. The van der Waals surface area contributed by atoms with Gasteiger partial charge in [0.1, 0.15) is 0 Å². The first-order valence-corrected chi connectivity index (χ1v) is 6.75. The van der Waals surface area contributed by atoms with E-state index in [1.54, 1.807) is 4.90 Å². The third kappa shape index (κ3) is 3.96. The Morgan fingerprint density at radius 2 is 2.12 bits per heavy atom. The van der Waals surface area contributed by atoms with E-state index in [2.05, 4.69) is 13.8 Å². The van der Waals surface area contributed by atoms with Crippen LogP contribution in [0.15, 0.2) is 0 Å². The molecule has 17 heavy (non-hydrogen) atoms. The van der Waals surface area contributed by atoms with Crippen LogP contribution in [0.3, 0.4) is 0 Å². The summed E-state index contributed by atoms with van der Waals surface area (Å²) in [6, 6.07) is 0.247. The summed E-state index contributed by atoms with van der Waals surface area (Å²) in [6.07, 6.45) is 3.67.